The monoisotopic (exact) mass is 362 g/mol. The van der Waals surface area contributed by atoms with Crippen molar-refractivity contribution in [2.24, 2.45) is 0 Å². The van der Waals surface area contributed by atoms with Gasteiger partial charge in [0.1, 0.15) is 12.7 Å². The van der Waals surface area contributed by atoms with Crippen molar-refractivity contribution in [2.45, 2.75) is 12.5 Å². The molecule has 1 unspecified atom stereocenters. The van der Waals surface area contributed by atoms with E-state index in [9.17, 15) is 4.79 Å². The van der Waals surface area contributed by atoms with Gasteiger partial charge in [-0.1, -0.05) is 0 Å². The Hall–Kier alpha value is -1.96. The molecule has 4 rings (SSSR count). The first-order valence-corrected chi connectivity index (χ1v) is 8.50. The summed E-state index contributed by atoms with van der Waals surface area (Å²) in [5, 5.41) is 11.0. The summed E-state index contributed by atoms with van der Waals surface area (Å²) in [5.74, 6) is 0.128. The van der Waals surface area contributed by atoms with Crippen molar-refractivity contribution in [3.63, 3.8) is 0 Å². The Balaban J connectivity index is 0.00000182. The molecule has 0 spiro atoms. The van der Waals surface area contributed by atoms with Gasteiger partial charge in [-0.05, 0) is 30.7 Å². The number of nitrogens with zero attached hydrogens (tertiary/aromatic N) is 5. The third-order valence-electron chi connectivity index (χ3n) is 4.95. The molecule has 3 heterocycles. The molecule has 0 bridgehead atoms. The van der Waals surface area contributed by atoms with Gasteiger partial charge in [0.2, 0.25) is 0 Å². The number of carbonyl (C=O) groups excluding carboxylic acids is 1. The predicted molar refractivity (Wildman–Crippen MR) is 97.4 cm³/mol. The Kier molecular flexibility index (Phi) is 5.67. The number of likely N-dealkylation sites (tertiary alicyclic amines) is 1. The summed E-state index contributed by atoms with van der Waals surface area (Å²) >= 11 is 0. The van der Waals surface area contributed by atoms with Gasteiger partial charge in [-0.25, -0.2) is 0 Å². The molecule has 2 saturated heterocycles. The molecule has 1 N–H and O–H groups in total. The molecule has 1 amide bonds. The second-order valence-corrected chi connectivity index (χ2v) is 6.40. The number of nitrogens with one attached hydrogen (secondary N) is 1. The first kappa shape index (κ1) is 17.8. The molecule has 2 fully saturated rings. The number of aromatic nitrogens is 3. The van der Waals surface area contributed by atoms with Crippen molar-refractivity contribution in [3.8, 4) is 5.69 Å². The van der Waals surface area contributed by atoms with E-state index in [-0.39, 0.29) is 18.3 Å². The minimum atomic E-state index is 0. The maximum Gasteiger partial charge on any atom is 0.253 e. The Morgan fingerprint density at radius 2 is 1.72 bits per heavy atom. The number of hydrogen-bond donors (Lipinski definition) is 1. The molecule has 25 heavy (non-hydrogen) atoms. The normalized spacial score (nSPS) is 21.1. The third kappa shape index (κ3) is 3.84. The second-order valence-electron chi connectivity index (χ2n) is 6.40. The van der Waals surface area contributed by atoms with Crippen molar-refractivity contribution >= 4 is 18.3 Å². The van der Waals surface area contributed by atoms with Crippen LogP contribution in [0.15, 0.2) is 36.9 Å². The van der Waals surface area contributed by atoms with Gasteiger partial charge >= 0.3 is 0 Å². The van der Waals surface area contributed by atoms with Crippen LogP contribution in [-0.4, -0.2) is 75.8 Å². The number of halogens is 1. The van der Waals surface area contributed by atoms with E-state index >= 15 is 0 Å². The summed E-state index contributed by atoms with van der Waals surface area (Å²) in [6, 6.07) is 8.14. The van der Waals surface area contributed by atoms with Gasteiger partial charge < -0.3 is 10.2 Å². The van der Waals surface area contributed by atoms with Crippen molar-refractivity contribution < 1.29 is 4.79 Å². The predicted octanol–water partition coefficient (Wildman–Crippen LogP) is 0.809. The molecule has 134 valence electrons. The number of benzene rings is 1. The number of rotatable bonds is 3. The number of piperazine rings is 1. The maximum atomic E-state index is 12.7. The van der Waals surface area contributed by atoms with Crippen LogP contribution < -0.4 is 5.32 Å². The SMILES string of the molecule is Cl.O=C(c1ccc(-n2cnnc2)cc1)N1CCC(N2CCNCC2)C1. The molecular weight excluding hydrogens is 340 g/mol. The minimum absolute atomic E-state index is 0. The van der Waals surface area contributed by atoms with Crippen LogP contribution in [0.5, 0.6) is 0 Å². The van der Waals surface area contributed by atoms with Gasteiger partial charge in [0.05, 0.1) is 0 Å². The van der Waals surface area contributed by atoms with Crippen molar-refractivity contribution in [3.05, 3.63) is 42.5 Å². The molecule has 0 saturated carbocycles. The molecule has 8 heteroatoms. The van der Waals surface area contributed by atoms with Crippen LogP contribution in [0.4, 0.5) is 0 Å². The van der Waals surface area contributed by atoms with Crippen LogP contribution in [0, 0.1) is 0 Å². The first-order valence-electron chi connectivity index (χ1n) is 8.50. The minimum Gasteiger partial charge on any atom is -0.337 e. The average Bonchev–Trinajstić information content (AvgIpc) is 3.34. The number of amides is 1. The smallest absolute Gasteiger partial charge is 0.253 e. The standard InChI is InChI=1S/C17H22N6O.ClH/c24-17(14-1-3-15(4-2-14)23-12-19-20-13-23)22-8-5-16(11-22)21-9-6-18-7-10-21;/h1-4,12-13,16,18H,5-11H2;1H. The Morgan fingerprint density at radius 1 is 1.04 bits per heavy atom. The van der Waals surface area contributed by atoms with Crippen LogP contribution in [0.1, 0.15) is 16.8 Å². The van der Waals surface area contributed by atoms with Gasteiger partial charge in [0.15, 0.2) is 0 Å². The fraction of sp³-hybridized carbons (Fsp3) is 0.471. The van der Waals surface area contributed by atoms with E-state index in [4.69, 9.17) is 0 Å². The van der Waals surface area contributed by atoms with Gasteiger partial charge in [0.25, 0.3) is 5.91 Å². The molecule has 2 aliphatic heterocycles. The maximum absolute atomic E-state index is 12.7. The lowest BCUT2D eigenvalue weighted by Gasteiger charge is -2.32. The van der Waals surface area contributed by atoms with E-state index < -0.39 is 0 Å². The van der Waals surface area contributed by atoms with Crippen LogP contribution in [0.2, 0.25) is 0 Å². The topological polar surface area (TPSA) is 66.3 Å². The van der Waals surface area contributed by atoms with E-state index in [1.807, 2.05) is 33.7 Å². The number of hydrogen-bond acceptors (Lipinski definition) is 5. The van der Waals surface area contributed by atoms with Gasteiger partial charge in [-0.2, -0.15) is 0 Å². The Bertz CT molecular complexity index is 684. The fourth-order valence-electron chi connectivity index (χ4n) is 3.56. The summed E-state index contributed by atoms with van der Waals surface area (Å²) in [6.07, 6.45) is 4.37. The fourth-order valence-corrected chi connectivity index (χ4v) is 3.56. The van der Waals surface area contributed by atoms with Crippen molar-refractivity contribution in [1.29, 1.82) is 0 Å². The zero-order valence-electron chi connectivity index (χ0n) is 14.0. The van der Waals surface area contributed by atoms with E-state index in [0.29, 0.717) is 6.04 Å². The lowest BCUT2D eigenvalue weighted by molar-refractivity contribution is 0.0773. The lowest BCUT2D eigenvalue weighted by atomic mass is 10.2. The highest BCUT2D eigenvalue weighted by Gasteiger charge is 2.31. The summed E-state index contributed by atoms with van der Waals surface area (Å²) in [5.41, 5.74) is 1.70. The molecule has 2 aliphatic rings. The molecule has 1 aromatic carbocycles. The zero-order chi connectivity index (χ0) is 16.4. The quantitative estimate of drug-likeness (QED) is 0.875. The van der Waals surface area contributed by atoms with E-state index in [1.54, 1.807) is 12.7 Å². The highest BCUT2D eigenvalue weighted by molar-refractivity contribution is 5.94. The largest absolute Gasteiger partial charge is 0.337 e. The number of carbonyl (C=O) groups is 1. The van der Waals surface area contributed by atoms with Gasteiger partial charge in [0, 0.05) is 56.6 Å². The Labute approximate surface area is 153 Å². The molecule has 0 aliphatic carbocycles. The van der Waals surface area contributed by atoms with E-state index in [1.165, 1.54) is 0 Å². The van der Waals surface area contributed by atoms with Crippen LogP contribution in [-0.2, 0) is 0 Å². The highest BCUT2D eigenvalue weighted by Crippen LogP contribution is 2.19. The molecule has 2 aromatic rings. The lowest BCUT2D eigenvalue weighted by Crippen LogP contribution is -2.49. The molecule has 7 nitrogen and oxygen atoms in total. The van der Waals surface area contributed by atoms with Crippen LogP contribution in [0.25, 0.3) is 5.69 Å². The summed E-state index contributed by atoms with van der Waals surface area (Å²) in [4.78, 5) is 17.2. The van der Waals surface area contributed by atoms with E-state index in [0.717, 1.165) is 56.9 Å². The van der Waals surface area contributed by atoms with Crippen LogP contribution in [0.3, 0.4) is 0 Å². The second kappa shape index (κ2) is 7.95. The zero-order valence-corrected chi connectivity index (χ0v) is 14.9. The van der Waals surface area contributed by atoms with Crippen molar-refractivity contribution in [1.82, 2.24) is 29.9 Å². The molecule has 1 aromatic heterocycles. The molecule has 1 atom stereocenters. The Morgan fingerprint density at radius 3 is 2.40 bits per heavy atom. The van der Waals surface area contributed by atoms with E-state index in [2.05, 4.69) is 20.4 Å². The molecular formula is C17H23ClN6O. The highest BCUT2D eigenvalue weighted by atomic mass is 35.5. The van der Waals surface area contributed by atoms with Crippen molar-refractivity contribution in [2.75, 3.05) is 39.3 Å². The summed E-state index contributed by atoms with van der Waals surface area (Å²) < 4.78 is 1.82. The van der Waals surface area contributed by atoms with Gasteiger partial charge in [-0.3, -0.25) is 14.3 Å². The third-order valence-corrected chi connectivity index (χ3v) is 4.95. The summed E-state index contributed by atoms with van der Waals surface area (Å²) in [7, 11) is 0. The van der Waals surface area contributed by atoms with Gasteiger partial charge in [-0.15, -0.1) is 22.6 Å². The molecule has 0 radical (unpaired) electrons. The first-order chi connectivity index (χ1) is 11.8. The van der Waals surface area contributed by atoms with Crippen LogP contribution >= 0.6 is 12.4 Å². The summed E-state index contributed by atoms with van der Waals surface area (Å²) in [6.45, 7) is 5.96. The average molecular weight is 363 g/mol.